The number of pyridine rings is 1. The van der Waals surface area contributed by atoms with Gasteiger partial charge in [-0.15, -0.1) is 0 Å². The topological polar surface area (TPSA) is 50.7 Å². The molecule has 21 heavy (non-hydrogen) atoms. The number of rotatable bonds is 5. The molecule has 0 saturated heterocycles. The molecule has 0 amide bonds. The lowest BCUT2D eigenvalue weighted by atomic mass is 10.2. The van der Waals surface area contributed by atoms with Crippen LogP contribution in [-0.4, -0.2) is 21.0 Å². The zero-order chi connectivity index (χ0) is 15.4. The van der Waals surface area contributed by atoms with Crippen molar-refractivity contribution in [3.63, 3.8) is 0 Å². The normalized spacial score (nSPS) is 11.1. The van der Waals surface area contributed by atoms with Crippen LogP contribution in [0.3, 0.4) is 0 Å². The molecule has 0 atom stereocenters. The second-order valence-corrected chi connectivity index (χ2v) is 6.43. The molecule has 2 rings (SSSR count). The second-order valence-electron chi connectivity index (χ2n) is 5.44. The van der Waals surface area contributed by atoms with Crippen molar-refractivity contribution < 1.29 is 0 Å². The number of aryl methyl sites for hydroxylation is 2. The van der Waals surface area contributed by atoms with Crippen LogP contribution in [0.15, 0.2) is 28.5 Å². The van der Waals surface area contributed by atoms with E-state index >= 15 is 0 Å². The van der Waals surface area contributed by atoms with Crippen molar-refractivity contribution in [3.8, 4) is 0 Å². The summed E-state index contributed by atoms with van der Waals surface area (Å²) >= 11 is 1.50. The maximum absolute atomic E-state index is 4.51. The molecule has 2 aromatic rings. The molecule has 1 N–H and O–H groups in total. The summed E-state index contributed by atoms with van der Waals surface area (Å²) in [6, 6.07) is 4.60. The molecule has 4 nitrogen and oxygen atoms in total. The Morgan fingerprint density at radius 1 is 1.10 bits per heavy atom. The summed E-state index contributed by atoms with van der Waals surface area (Å²) in [4.78, 5) is 13.5. The van der Waals surface area contributed by atoms with E-state index in [0.717, 1.165) is 33.7 Å². The van der Waals surface area contributed by atoms with E-state index in [1.54, 1.807) is 0 Å². The molecule has 0 fully saturated rings. The smallest absolute Gasteiger partial charge is 0.194 e. The summed E-state index contributed by atoms with van der Waals surface area (Å²) in [7, 11) is 0. The third-order valence-corrected chi connectivity index (χ3v) is 4.14. The Morgan fingerprint density at radius 3 is 2.29 bits per heavy atom. The van der Waals surface area contributed by atoms with E-state index in [-0.39, 0.29) is 0 Å². The minimum atomic E-state index is 0.478. The Kier molecular flexibility index (Phi) is 5.31. The molecule has 0 aliphatic carbocycles. The number of nitrogens with one attached hydrogen (secondary N) is 1. The van der Waals surface area contributed by atoms with Gasteiger partial charge in [-0.1, -0.05) is 19.9 Å². The molecule has 0 aliphatic heterocycles. The van der Waals surface area contributed by atoms with Crippen molar-refractivity contribution in [1.82, 2.24) is 20.3 Å². The van der Waals surface area contributed by atoms with Crippen molar-refractivity contribution in [2.45, 2.75) is 57.4 Å². The van der Waals surface area contributed by atoms with Crippen LogP contribution in [0.5, 0.6) is 0 Å². The molecule has 0 spiro atoms. The summed E-state index contributed by atoms with van der Waals surface area (Å²) in [6.07, 6.45) is 1.91. The first-order valence-electron chi connectivity index (χ1n) is 7.13. The third-order valence-electron chi connectivity index (χ3n) is 3.32. The van der Waals surface area contributed by atoms with Crippen LogP contribution in [0, 0.1) is 20.8 Å². The highest BCUT2D eigenvalue weighted by atomic mass is 32.2. The van der Waals surface area contributed by atoms with E-state index < -0.39 is 0 Å². The molecule has 0 unspecified atom stereocenters. The number of hydrogen-bond donors (Lipinski definition) is 1. The van der Waals surface area contributed by atoms with Gasteiger partial charge in [0.25, 0.3) is 0 Å². The van der Waals surface area contributed by atoms with Crippen molar-refractivity contribution in [2.75, 3.05) is 0 Å². The zero-order valence-corrected chi connectivity index (χ0v) is 14.1. The van der Waals surface area contributed by atoms with Crippen molar-refractivity contribution in [1.29, 1.82) is 0 Å². The molecule has 0 bridgehead atoms. The Balaban J connectivity index is 2.06. The summed E-state index contributed by atoms with van der Waals surface area (Å²) in [5, 5.41) is 5.06. The van der Waals surface area contributed by atoms with Crippen LogP contribution in [0.4, 0.5) is 0 Å². The summed E-state index contributed by atoms with van der Waals surface area (Å²) in [5.41, 5.74) is 4.40. The fourth-order valence-corrected chi connectivity index (χ4v) is 2.57. The number of aromatic nitrogens is 3. The summed E-state index contributed by atoms with van der Waals surface area (Å²) < 4.78 is 0. The van der Waals surface area contributed by atoms with Gasteiger partial charge in [0.05, 0.1) is 0 Å². The SMILES string of the molecule is Cc1nc(Sc2ccc(CNC(C)C)cn2)nc(C)c1C. The van der Waals surface area contributed by atoms with Gasteiger partial charge in [-0.05, 0) is 49.7 Å². The molecule has 0 aliphatic rings. The van der Waals surface area contributed by atoms with Gasteiger partial charge in [-0.2, -0.15) is 0 Å². The monoisotopic (exact) mass is 302 g/mol. The predicted molar refractivity (Wildman–Crippen MR) is 86.6 cm³/mol. The minimum Gasteiger partial charge on any atom is -0.310 e. The Bertz CT molecular complexity index is 585. The largest absolute Gasteiger partial charge is 0.310 e. The highest BCUT2D eigenvalue weighted by Crippen LogP contribution is 2.24. The second kappa shape index (κ2) is 7.00. The highest BCUT2D eigenvalue weighted by molar-refractivity contribution is 7.99. The van der Waals surface area contributed by atoms with Gasteiger partial charge in [0.15, 0.2) is 5.16 Å². The fourth-order valence-electron chi connectivity index (χ4n) is 1.78. The minimum absolute atomic E-state index is 0.478. The molecule has 0 radical (unpaired) electrons. The van der Waals surface area contributed by atoms with Gasteiger partial charge in [-0.25, -0.2) is 15.0 Å². The van der Waals surface area contributed by atoms with Crippen molar-refractivity contribution in [2.24, 2.45) is 0 Å². The Labute approximate surface area is 130 Å². The fraction of sp³-hybridized carbons (Fsp3) is 0.438. The highest BCUT2D eigenvalue weighted by Gasteiger charge is 2.07. The molecule has 5 heteroatoms. The lowest BCUT2D eigenvalue weighted by molar-refractivity contribution is 0.587. The summed E-state index contributed by atoms with van der Waals surface area (Å²) in [6.45, 7) is 11.2. The first-order chi connectivity index (χ1) is 9.95. The lowest BCUT2D eigenvalue weighted by Crippen LogP contribution is -2.21. The maximum Gasteiger partial charge on any atom is 0.194 e. The van der Waals surface area contributed by atoms with Crippen LogP contribution >= 0.6 is 11.8 Å². The van der Waals surface area contributed by atoms with Gasteiger partial charge in [0, 0.05) is 30.2 Å². The van der Waals surface area contributed by atoms with Gasteiger partial charge in [-0.3, -0.25) is 0 Å². The van der Waals surface area contributed by atoms with E-state index in [1.165, 1.54) is 17.3 Å². The molecule has 112 valence electrons. The summed E-state index contributed by atoms with van der Waals surface area (Å²) in [5.74, 6) is 0. The van der Waals surface area contributed by atoms with Gasteiger partial charge >= 0.3 is 0 Å². The molecular weight excluding hydrogens is 280 g/mol. The first-order valence-corrected chi connectivity index (χ1v) is 7.95. The third kappa shape index (κ3) is 4.51. The molecule has 0 saturated carbocycles. The molecule has 2 heterocycles. The number of nitrogens with zero attached hydrogens (tertiary/aromatic N) is 3. The van der Waals surface area contributed by atoms with Crippen LogP contribution in [0.2, 0.25) is 0 Å². The lowest BCUT2D eigenvalue weighted by Gasteiger charge is -2.08. The van der Waals surface area contributed by atoms with Crippen LogP contribution in [-0.2, 0) is 6.54 Å². The first kappa shape index (κ1) is 15.9. The van der Waals surface area contributed by atoms with Crippen molar-refractivity contribution >= 4 is 11.8 Å². The molecule has 0 aromatic carbocycles. The van der Waals surface area contributed by atoms with E-state index in [4.69, 9.17) is 0 Å². The van der Waals surface area contributed by atoms with E-state index in [2.05, 4.69) is 40.2 Å². The van der Waals surface area contributed by atoms with Gasteiger partial charge in [0.2, 0.25) is 0 Å². The average molecular weight is 302 g/mol. The van der Waals surface area contributed by atoms with Crippen LogP contribution in [0.1, 0.15) is 36.4 Å². The number of hydrogen-bond acceptors (Lipinski definition) is 5. The molecule has 2 aromatic heterocycles. The molecular formula is C16H22N4S. The Morgan fingerprint density at radius 2 is 1.76 bits per heavy atom. The maximum atomic E-state index is 4.51. The quantitative estimate of drug-likeness (QED) is 0.857. The zero-order valence-electron chi connectivity index (χ0n) is 13.3. The van der Waals surface area contributed by atoms with E-state index in [9.17, 15) is 0 Å². The Hall–Kier alpha value is -1.46. The predicted octanol–water partition coefficient (Wildman–Crippen LogP) is 3.45. The average Bonchev–Trinajstić information content (AvgIpc) is 2.44. The van der Waals surface area contributed by atoms with E-state index in [1.807, 2.05) is 33.0 Å². The van der Waals surface area contributed by atoms with Crippen LogP contribution in [0.25, 0.3) is 0 Å². The van der Waals surface area contributed by atoms with Gasteiger partial charge in [0.1, 0.15) is 5.03 Å². The standard InChI is InChI=1S/C16H22N4S/c1-10(2)17-8-14-6-7-15(18-9-14)21-16-19-12(4)11(3)13(5)20-16/h6-7,9-10,17H,8H2,1-5H3. The van der Waals surface area contributed by atoms with Crippen molar-refractivity contribution in [3.05, 3.63) is 40.8 Å². The van der Waals surface area contributed by atoms with E-state index in [0.29, 0.717) is 6.04 Å². The van der Waals surface area contributed by atoms with Crippen LogP contribution < -0.4 is 5.32 Å². The van der Waals surface area contributed by atoms with Gasteiger partial charge < -0.3 is 5.32 Å².